The maximum Gasteiger partial charge on any atom is 0.101 e. The number of nitrogens with zero attached hydrogens (tertiary/aromatic N) is 1. The van der Waals surface area contributed by atoms with Gasteiger partial charge in [0.15, 0.2) is 0 Å². The lowest BCUT2D eigenvalue weighted by molar-refractivity contribution is 1.31. The van der Waals surface area contributed by atoms with E-state index >= 15 is 0 Å². The molecule has 1 aromatic rings. The first-order valence-corrected chi connectivity index (χ1v) is 1.97. The van der Waals surface area contributed by atoms with Crippen molar-refractivity contribution in [2.45, 2.75) is 0 Å². The average Bonchev–Trinajstić information content (AvgIpc) is 0.722. The number of hydrogen-bond acceptors (Lipinski definition) is 1. The van der Waals surface area contributed by atoms with E-state index in [1.807, 2.05) is 0 Å². The lowest BCUT2D eigenvalue weighted by atomic mass is 11.5. The van der Waals surface area contributed by atoms with Crippen LogP contribution in [0, 0.1) is 0 Å². The van der Waals surface area contributed by atoms with E-state index in [1.54, 1.807) is 6.33 Å². The Morgan fingerprint density at radius 1 is 2.00 bits per heavy atom. The van der Waals surface area contributed by atoms with E-state index in [2.05, 4.69) is 9.49 Å². The highest BCUT2D eigenvalue weighted by Gasteiger charge is 1.54. The quantitative estimate of drug-likeness (QED) is 0.475. The zero-order valence-corrected chi connectivity index (χ0v) is 3.02. The predicted octanol–water partition coefficient (Wildman–Crippen LogP) is 0.441. The highest BCUT2D eigenvalue weighted by atomic mass is 31.1. The first kappa shape index (κ1) is 2.04. The van der Waals surface area contributed by atoms with Gasteiger partial charge in [0.2, 0.25) is 0 Å². The van der Waals surface area contributed by atoms with Crippen molar-refractivity contribution in [1.29, 1.82) is 0 Å². The van der Waals surface area contributed by atoms with Crippen molar-refractivity contribution in [2.24, 2.45) is 0 Å². The van der Waals surface area contributed by atoms with Crippen LogP contribution in [0.3, 0.4) is 0 Å². The van der Waals surface area contributed by atoms with E-state index < -0.39 is 0 Å². The number of aromatic nitrogens is 2. The monoisotopic (exact) mass is 74.0 g/mol. The highest BCUT2D eigenvalue weighted by Crippen LogP contribution is 1.84. The molecular weight excluding hydrogens is 71.0 g/mol. The number of H-pyrrole nitrogens is 1. The van der Waals surface area contributed by atoms with Gasteiger partial charge in [0.05, 0.1) is 0 Å². The molecule has 0 amide bonds. The molecule has 1 unspecified atom stereocenters. The van der Waals surface area contributed by atoms with Crippen LogP contribution in [0.15, 0.2) is 6.33 Å². The third-order valence-corrected chi connectivity index (χ3v) is 0.775. The van der Waals surface area contributed by atoms with Crippen LogP contribution in [-0.2, 0) is 0 Å². The minimum Gasteiger partial charge on any atom is -0.324 e. The standard InChI is InChI=1S/CH3N2P/c1-2-4-3-1/h1,4H,(H,2,3). The Morgan fingerprint density at radius 2 is 2.25 bits per heavy atom. The highest BCUT2D eigenvalue weighted by molar-refractivity contribution is 7.21. The summed E-state index contributed by atoms with van der Waals surface area (Å²) >= 11 is 0. The molecule has 0 aliphatic carbocycles. The molecule has 0 aliphatic rings. The second-order valence-electron chi connectivity index (χ2n) is 0.514. The van der Waals surface area contributed by atoms with Crippen LogP contribution in [0.5, 0.6) is 0 Å². The van der Waals surface area contributed by atoms with Gasteiger partial charge < -0.3 is 4.75 Å². The molecule has 2 nitrogen and oxygen atoms in total. The molecular formula is CH3N2P. The van der Waals surface area contributed by atoms with Crippen LogP contribution >= 0.6 is 8.51 Å². The van der Waals surface area contributed by atoms with Gasteiger partial charge in [-0.25, -0.2) is 4.75 Å². The summed E-state index contributed by atoms with van der Waals surface area (Å²) in [6.07, 6.45) is 1.69. The van der Waals surface area contributed by atoms with Crippen molar-refractivity contribution >= 4 is 8.51 Å². The summed E-state index contributed by atoms with van der Waals surface area (Å²) in [4.78, 5) is 0. The zero-order chi connectivity index (χ0) is 2.83. The van der Waals surface area contributed by atoms with Crippen molar-refractivity contribution in [1.82, 2.24) is 9.49 Å². The molecule has 1 rings (SSSR count). The predicted molar refractivity (Wildman–Crippen MR) is 18.1 cm³/mol. The summed E-state index contributed by atoms with van der Waals surface area (Å²) < 4.78 is 6.56. The molecule has 1 aromatic heterocycles. The minimum absolute atomic E-state index is 0.640. The SMILES string of the molecule is c1n[pH][nH]1. The lowest BCUT2D eigenvalue weighted by Gasteiger charge is -1.74. The summed E-state index contributed by atoms with van der Waals surface area (Å²) in [5.41, 5.74) is 0. The van der Waals surface area contributed by atoms with E-state index in [9.17, 15) is 0 Å². The van der Waals surface area contributed by atoms with Crippen LogP contribution in [0.1, 0.15) is 0 Å². The molecule has 1 heterocycles. The summed E-state index contributed by atoms with van der Waals surface area (Å²) in [5, 5.41) is 0. The minimum atomic E-state index is 0.640. The molecule has 0 aliphatic heterocycles. The number of rotatable bonds is 0. The molecule has 0 saturated heterocycles. The third-order valence-electron chi connectivity index (χ3n) is 0.258. The molecule has 0 fully saturated rings. The fraction of sp³-hybridized carbons (Fsp3) is 0. The van der Waals surface area contributed by atoms with Gasteiger partial charge in [0.25, 0.3) is 0 Å². The van der Waals surface area contributed by atoms with E-state index in [1.165, 1.54) is 0 Å². The normalized spacial score (nSPS) is 8.00. The van der Waals surface area contributed by atoms with Gasteiger partial charge in [-0.3, -0.25) is 0 Å². The first-order chi connectivity index (χ1) is 2.00. The second-order valence-corrected chi connectivity index (χ2v) is 1.28. The van der Waals surface area contributed by atoms with Gasteiger partial charge in [-0.15, -0.1) is 0 Å². The Kier molecular flexibility index (Phi) is 0.311. The molecule has 0 spiro atoms. The maximum atomic E-state index is 3.71. The number of hydrogen-bond donors (Lipinski definition) is 1. The second kappa shape index (κ2) is 0.611. The van der Waals surface area contributed by atoms with Crippen molar-refractivity contribution in [3.05, 3.63) is 6.33 Å². The Bertz CT molecular complexity index is 47.8. The van der Waals surface area contributed by atoms with E-state index in [0.29, 0.717) is 8.51 Å². The van der Waals surface area contributed by atoms with Crippen LogP contribution in [0.2, 0.25) is 0 Å². The number of aromatic amines is 1. The molecule has 4 heavy (non-hydrogen) atoms. The smallest absolute Gasteiger partial charge is 0.101 e. The lowest BCUT2D eigenvalue weighted by Crippen LogP contribution is -1.61. The molecule has 3 heteroatoms. The van der Waals surface area contributed by atoms with Crippen molar-refractivity contribution in [3.8, 4) is 0 Å². The molecule has 0 saturated carbocycles. The van der Waals surface area contributed by atoms with Gasteiger partial charge >= 0.3 is 0 Å². The fourth-order valence-electron chi connectivity index (χ4n) is 0.0645. The molecule has 22 valence electrons. The van der Waals surface area contributed by atoms with Crippen LogP contribution < -0.4 is 0 Å². The van der Waals surface area contributed by atoms with Crippen molar-refractivity contribution in [3.63, 3.8) is 0 Å². The topological polar surface area (TPSA) is 28.7 Å². The summed E-state index contributed by atoms with van der Waals surface area (Å²) in [6.45, 7) is 0. The number of nitrogens with one attached hydrogen (secondary N) is 1. The third kappa shape index (κ3) is 0.0738. The first-order valence-electron chi connectivity index (χ1n) is 1.02. The molecule has 0 aromatic carbocycles. The van der Waals surface area contributed by atoms with Crippen LogP contribution in [-0.4, -0.2) is 9.49 Å². The summed E-state index contributed by atoms with van der Waals surface area (Å²) in [5.74, 6) is 0. The van der Waals surface area contributed by atoms with Crippen molar-refractivity contribution < 1.29 is 0 Å². The van der Waals surface area contributed by atoms with Gasteiger partial charge in [-0.1, -0.05) is 0 Å². The average molecular weight is 74.0 g/mol. The van der Waals surface area contributed by atoms with E-state index in [-0.39, 0.29) is 0 Å². The van der Waals surface area contributed by atoms with Crippen molar-refractivity contribution in [2.75, 3.05) is 0 Å². The molecule has 1 atom stereocenters. The Balaban J connectivity index is 3.00. The summed E-state index contributed by atoms with van der Waals surface area (Å²) in [6, 6.07) is 0. The molecule has 0 radical (unpaired) electrons. The Hall–Kier alpha value is -0.230. The maximum absolute atomic E-state index is 3.71. The fourth-order valence-corrected chi connectivity index (χ4v) is 0.194. The van der Waals surface area contributed by atoms with Crippen LogP contribution in [0.25, 0.3) is 0 Å². The Labute approximate surface area is 25.5 Å². The van der Waals surface area contributed by atoms with Crippen LogP contribution in [0.4, 0.5) is 0 Å². The van der Waals surface area contributed by atoms with E-state index in [0.717, 1.165) is 0 Å². The molecule has 1 N–H and O–H groups in total. The zero-order valence-electron chi connectivity index (χ0n) is 2.02. The van der Waals surface area contributed by atoms with Gasteiger partial charge in [-0.05, 0) is 0 Å². The largest absolute Gasteiger partial charge is 0.324 e. The van der Waals surface area contributed by atoms with Gasteiger partial charge in [0, 0.05) is 8.51 Å². The molecule has 0 bridgehead atoms. The summed E-state index contributed by atoms with van der Waals surface area (Å²) in [7, 11) is 0.640. The van der Waals surface area contributed by atoms with Gasteiger partial charge in [-0.2, -0.15) is 0 Å². The van der Waals surface area contributed by atoms with Gasteiger partial charge in [0.1, 0.15) is 6.33 Å². The Morgan fingerprint density at radius 3 is 2.25 bits per heavy atom. The van der Waals surface area contributed by atoms with E-state index in [4.69, 9.17) is 0 Å².